The first kappa shape index (κ1) is 16.7. The van der Waals surface area contributed by atoms with Crippen molar-refractivity contribution in [3.8, 4) is 17.2 Å². The number of likely N-dealkylation sites (N-methyl/N-ethyl adjacent to an activating group) is 1. The molecule has 1 unspecified atom stereocenters. The number of ether oxygens (including phenoxy) is 3. The van der Waals surface area contributed by atoms with E-state index in [9.17, 15) is 0 Å². The van der Waals surface area contributed by atoms with Gasteiger partial charge in [0.1, 0.15) is 0 Å². The van der Waals surface area contributed by atoms with Crippen LogP contribution in [-0.2, 0) is 6.42 Å². The van der Waals surface area contributed by atoms with Gasteiger partial charge in [0.2, 0.25) is 12.5 Å². The first-order valence-corrected chi connectivity index (χ1v) is 7.02. The Bertz CT molecular complexity index is 591. The molecule has 6 nitrogen and oxygen atoms in total. The Hall–Kier alpha value is -1.66. The van der Waals surface area contributed by atoms with Crippen molar-refractivity contribution in [2.45, 2.75) is 25.8 Å². The zero-order valence-corrected chi connectivity index (χ0v) is 13.8. The van der Waals surface area contributed by atoms with Gasteiger partial charge >= 0.3 is 0 Å². The largest absolute Gasteiger partial charge is 0.492 e. The molecule has 122 valence electrons. The Morgan fingerprint density at radius 3 is 2.95 bits per heavy atom. The molecule has 1 aromatic carbocycles. The molecular formula is C15H21ClN2O4. The van der Waals surface area contributed by atoms with Crippen LogP contribution in [0.15, 0.2) is 11.2 Å². The number of hydrogen-bond acceptors (Lipinski definition) is 6. The highest BCUT2D eigenvalue weighted by molar-refractivity contribution is 5.85. The van der Waals surface area contributed by atoms with Gasteiger partial charge in [0.25, 0.3) is 0 Å². The van der Waals surface area contributed by atoms with Gasteiger partial charge in [-0.05, 0) is 32.0 Å². The molecule has 22 heavy (non-hydrogen) atoms. The minimum atomic E-state index is 0. The molecular weight excluding hydrogens is 308 g/mol. The third-order valence-corrected chi connectivity index (χ3v) is 4.21. The van der Waals surface area contributed by atoms with Crippen molar-refractivity contribution in [3.63, 3.8) is 0 Å². The molecule has 0 radical (unpaired) electrons. The van der Waals surface area contributed by atoms with Gasteiger partial charge in [0, 0.05) is 24.6 Å². The summed E-state index contributed by atoms with van der Waals surface area (Å²) in [5.74, 6) is 2.17. The van der Waals surface area contributed by atoms with Crippen molar-refractivity contribution in [1.82, 2.24) is 4.90 Å². The lowest BCUT2D eigenvalue weighted by atomic mass is 9.88. The molecule has 0 saturated heterocycles. The Morgan fingerprint density at radius 2 is 2.27 bits per heavy atom. The summed E-state index contributed by atoms with van der Waals surface area (Å²) in [6.45, 7) is 2.99. The van der Waals surface area contributed by atoms with Gasteiger partial charge in [-0.3, -0.25) is 4.90 Å². The van der Waals surface area contributed by atoms with Crippen LogP contribution in [0.1, 0.15) is 30.5 Å². The second-order valence-corrected chi connectivity index (χ2v) is 5.50. The van der Waals surface area contributed by atoms with E-state index in [1.807, 2.05) is 13.0 Å². The van der Waals surface area contributed by atoms with Crippen LogP contribution in [0.25, 0.3) is 0 Å². The monoisotopic (exact) mass is 328 g/mol. The van der Waals surface area contributed by atoms with Crippen molar-refractivity contribution in [2.24, 2.45) is 5.16 Å². The van der Waals surface area contributed by atoms with E-state index in [1.54, 1.807) is 7.11 Å². The third kappa shape index (κ3) is 2.68. The fraction of sp³-hybridized carbons (Fsp3) is 0.533. The minimum absolute atomic E-state index is 0. The molecule has 7 heteroatoms. The summed E-state index contributed by atoms with van der Waals surface area (Å²) in [6, 6.07) is 2.15. The van der Waals surface area contributed by atoms with Crippen LogP contribution in [0.3, 0.4) is 0 Å². The molecule has 1 aromatic rings. The van der Waals surface area contributed by atoms with Crippen LogP contribution >= 0.6 is 12.4 Å². The number of halogens is 1. The summed E-state index contributed by atoms with van der Waals surface area (Å²) < 4.78 is 16.7. The van der Waals surface area contributed by atoms with E-state index in [1.165, 1.54) is 5.56 Å². The zero-order chi connectivity index (χ0) is 15.0. The van der Waals surface area contributed by atoms with E-state index < -0.39 is 0 Å². The quantitative estimate of drug-likeness (QED) is 0.525. The van der Waals surface area contributed by atoms with Gasteiger partial charge in [-0.2, -0.15) is 0 Å². The highest BCUT2D eigenvalue weighted by atomic mass is 35.5. The predicted octanol–water partition coefficient (Wildman–Crippen LogP) is 2.61. The minimum Gasteiger partial charge on any atom is -0.492 e. The molecule has 2 heterocycles. The highest BCUT2D eigenvalue weighted by Gasteiger charge is 2.34. The number of fused-ring (bicyclic) bond motifs is 2. The molecule has 0 spiro atoms. The van der Waals surface area contributed by atoms with Crippen LogP contribution in [0, 0.1) is 0 Å². The molecule has 2 aliphatic heterocycles. The SMILES string of the molecule is COc1c2c(cc3c1C(CC(C)=NO)N(C)CC3)OCO2.Cl. The summed E-state index contributed by atoms with van der Waals surface area (Å²) in [4.78, 5) is 2.25. The van der Waals surface area contributed by atoms with Crippen molar-refractivity contribution in [2.75, 3.05) is 27.5 Å². The van der Waals surface area contributed by atoms with E-state index in [0.29, 0.717) is 17.9 Å². The lowest BCUT2D eigenvalue weighted by Gasteiger charge is -2.35. The van der Waals surface area contributed by atoms with Gasteiger partial charge < -0.3 is 19.4 Å². The van der Waals surface area contributed by atoms with E-state index >= 15 is 0 Å². The summed E-state index contributed by atoms with van der Waals surface area (Å²) >= 11 is 0. The maximum Gasteiger partial charge on any atom is 0.231 e. The second-order valence-electron chi connectivity index (χ2n) is 5.50. The van der Waals surface area contributed by atoms with Crippen molar-refractivity contribution < 1.29 is 19.4 Å². The maximum absolute atomic E-state index is 8.97. The molecule has 0 amide bonds. The van der Waals surface area contributed by atoms with Crippen LogP contribution in [0.4, 0.5) is 0 Å². The summed E-state index contributed by atoms with van der Waals surface area (Å²) in [6.07, 6.45) is 1.58. The lowest BCUT2D eigenvalue weighted by Crippen LogP contribution is -2.33. The van der Waals surface area contributed by atoms with Crippen molar-refractivity contribution in [1.29, 1.82) is 0 Å². The topological polar surface area (TPSA) is 63.5 Å². The molecule has 0 saturated carbocycles. The average molecular weight is 329 g/mol. The van der Waals surface area contributed by atoms with Gasteiger partial charge in [-0.15, -0.1) is 12.4 Å². The number of benzene rings is 1. The predicted molar refractivity (Wildman–Crippen MR) is 85.0 cm³/mol. The number of methoxy groups -OCH3 is 1. The summed E-state index contributed by atoms with van der Waals surface area (Å²) in [7, 11) is 3.72. The van der Waals surface area contributed by atoms with Crippen LogP contribution in [0.5, 0.6) is 17.2 Å². The normalized spacial score (nSPS) is 20.3. The maximum atomic E-state index is 8.97. The van der Waals surface area contributed by atoms with E-state index in [0.717, 1.165) is 30.0 Å². The molecule has 0 bridgehead atoms. The Kier molecular flexibility index (Phi) is 5.03. The van der Waals surface area contributed by atoms with Gasteiger partial charge in [0.05, 0.1) is 12.8 Å². The first-order chi connectivity index (χ1) is 10.2. The summed E-state index contributed by atoms with van der Waals surface area (Å²) in [5.41, 5.74) is 3.02. The first-order valence-electron chi connectivity index (χ1n) is 7.02. The van der Waals surface area contributed by atoms with Gasteiger partial charge in [-0.1, -0.05) is 5.16 Å². The van der Waals surface area contributed by atoms with Crippen LogP contribution in [0.2, 0.25) is 0 Å². The standard InChI is InChI=1S/C15H20N2O4.ClH/c1-9(16-18)6-11-13-10(4-5-17(11)2)7-12-14(15(13)19-3)21-8-20-12;/h7,11,18H,4-6,8H2,1-3H3;1H. The Labute approximate surface area is 136 Å². The smallest absolute Gasteiger partial charge is 0.231 e. The molecule has 0 fully saturated rings. The third-order valence-electron chi connectivity index (χ3n) is 4.21. The molecule has 1 N–H and O–H groups in total. The number of hydrogen-bond donors (Lipinski definition) is 1. The molecule has 0 aromatic heterocycles. The Morgan fingerprint density at radius 1 is 1.50 bits per heavy atom. The van der Waals surface area contributed by atoms with E-state index in [-0.39, 0.29) is 25.2 Å². The molecule has 3 rings (SSSR count). The van der Waals surface area contributed by atoms with Crippen molar-refractivity contribution in [3.05, 3.63) is 17.2 Å². The summed E-state index contributed by atoms with van der Waals surface area (Å²) in [5, 5.41) is 12.3. The van der Waals surface area contributed by atoms with Crippen LogP contribution in [-0.4, -0.2) is 43.3 Å². The zero-order valence-electron chi connectivity index (χ0n) is 13.0. The van der Waals surface area contributed by atoms with Gasteiger partial charge in [-0.25, -0.2) is 0 Å². The average Bonchev–Trinajstić information content (AvgIpc) is 2.95. The highest BCUT2D eigenvalue weighted by Crippen LogP contribution is 2.49. The molecule has 0 aliphatic carbocycles. The van der Waals surface area contributed by atoms with Crippen LogP contribution < -0.4 is 14.2 Å². The second kappa shape index (κ2) is 6.62. The number of oxime groups is 1. The van der Waals surface area contributed by atoms with E-state index in [4.69, 9.17) is 19.4 Å². The fourth-order valence-electron chi connectivity index (χ4n) is 3.10. The molecule has 2 aliphatic rings. The number of nitrogens with zero attached hydrogens (tertiary/aromatic N) is 2. The Balaban J connectivity index is 0.00000176. The van der Waals surface area contributed by atoms with Crippen molar-refractivity contribution >= 4 is 18.1 Å². The van der Waals surface area contributed by atoms with E-state index in [2.05, 4.69) is 17.1 Å². The fourth-order valence-corrected chi connectivity index (χ4v) is 3.10. The van der Waals surface area contributed by atoms with Gasteiger partial charge in [0.15, 0.2) is 11.5 Å². The number of rotatable bonds is 3. The lowest BCUT2D eigenvalue weighted by molar-refractivity contribution is 0.170. The molecule has 1 atom stereocenters.